The van der Waals surface area contributed by atoms with Crippen molar-refractivity contribution in [2.75, 3.05) is 23.7 Å². The molecular formula is C25H37N7S. The summed E-state index contributed by atoms with van der Waals surface area (Å²) in [6, 6.07) is 9.56. The smallest absolute Gasteiger partial charge is 0.190 e. The van der Waals surface area contributed by atoms with Gasteiger partial charge in [-0.15, -0.1) is 0 Å². The molecule has 1 saturated heterocycles. The number of aromatic nitrogens is 3. The lowest BCUT2D eigenvalue weighted by atomic mass is 9.88. The Morgan fingerprint density at radius 2 is 1.94 bits per heavy atom. The molecule has 33 heavy (non-hydrogen) atoms. The molecule has 0 bridgehead atoms. The van der Waals surface area contributed by atoms with Gasteiger partial charge in [0.1, 0.15) is 22.0 Å². The van der Waals surface area contributed by atoms with E-state index in [0.29, 0.717) is 18.1 Å². The molecule has 0 amide bonds. The number of rotatable bonds is 8. The third-order valence-corrected chi connectivity index (χ3v) is 7.39. The van der Waals surface area contributed by atoms with Gasteiger partial charge >= 0.3 is 0 Å². The van der Waals surface area contributed by atoms with Crippen molar-refractivity contribution in [3.63, 3.8) is 0 Å². The van der Waals surface area contributed by atoms with Crippen LogP contribution in [0.3, 0.4) is 0 Å². The molecule has 3 aromatic rings. The normalized spacial score (nSPS) is 18.2. The molecule has 0 radical (unpaired) electrons. The van der Waals surface area contributed by atoms with E-state index in [9.17, 15) is 0 Å². The van der Waals surface area contributed by atoms with Gasteiger partial charge in [-0.05, 0) is 62.4 Å². The lowest BCUT2D eigenvalue weighted by Crippen LogP contribution is -2.37. The molecule has 1 unspecified atom stereocenters. The number of thiazole rings is 1. The van der Waals surface area contributed by atoms with Crippen LogP contribution in [-0.4, -0.2) is 51.1 Å². The number of hydrogen-bond donors (Lipinski definition) is 3. The highest BCUT2D eigenvalue weighted by Gasteiger charge is 2.25. The fraction of sp³-hybridized carbons (Fsp3) is 0.560. The minimum atomic E-state index is 0.202. The van der Waals surface area contributed by atoms with Gasteiger partial charge in [-0.1, -0.05) is 32.1 Å². The summed E-state index contributed by atoms with van der Waals surface area (Å²) in [5, 5.41) is 11.6. The van der Waals surface area contributed by atoms with Crippen molar-refractivity contribution in [3.05, 3.63) is 36.0 Å². The Balaban J connectivity index is 1.54. The summed E-state index contributed by atoms with van der Waals surface area (Å²) >= 11 is 1.55. The Hall–Kier alpha value is -2.29. The zero-order valence-corrected chi connectivity index (χ0v) is 21.5. The largest absolute Gasteiger partial charge is 0.366 e. The highest BCUT2D eigenvalue weighted by Crippen LogP contribution is 2.28. The van der Waals surface area contributed by atoms with Crippen LogP contribution in [-0.2, 0) is 6.54 Å². The minimum Gasteiger partial charge on any atom is -0.366 e. The highest BCUT2D eigenvalue weighted by atomic mass is 32.1. The molecule has 1 fully saturated rings. The molecule has 4 heterocycles. The van der Waals surface area contributed by atoms with Gasteiger partial charge in [-0.2, -0.15) is 0 Å². The standard InChI is InChI=1S/C25H37N7S/c1-16(2)32-11-9-19(15-32)28-21-12-18(14-27-17(3)25(4,5)6)13-22(30-21)31-24-29-20-8-7-10-26-23(20)33-24/h7-8,10,12-13,16-17,19,27H,9,11,14-15H2,1-6H3,(H2,28,29,30,31)/t17-,19?/m0/s1. The summed E-state index contributed by atoms with van der Waals surface area (Å²) in [5.41, 5.74) is 2.30. The van der Waals surface area contributed by atoms with Crippen LogP contribution in [0.1, 0.15) is 53.5 Å². The summed E-state index contributed by atoms with van der Waals surface area (Å²) in [6.07, 6.45) is 2.94. The van der Waals surface area contributed by atoms with E-state index >= 15 is 0 Å². The molecule has 3 aromatic heterocycles. The lowest BCUT2D eigenvalue weighted by molar-refractivity contribution is 0.274. The van der Waals surface area contributed by atoms with Crippen LogP contribution in [0.15, 0.2) is 30.5 Å². The van der Waals surface area contributed by atoms with Crippen LogP contribution in [0.2, 0.25) is 0 Å². The van der Waals surface area contributed by atoms with E-state index in [1.807, 2.05) is 12.1 Å². The second-order valence-corrected chi connectivity index (χ2v) is 11.4. The van der Waals surface area contributed by atoms with E-state index < -0.39 is 0 Å². The molecule has 1 aliphatic rings. The molecule has 7 nitrogen and oxygen atoms in total. The van der Waals surface area contributed by atoms with E-state index in [1.54, 1.807) is 17.5 Å². The zero-order valence-electron chi connectivity index (χ0n) is 20.6. The maximum Gasteiger partial charge on any atom is 0.190 e. The Morgan fingerprint density at radius 3 is 2.64 bits per heavy atom. The van der Waals surface area contributed by atoms with Gasteiger partial charge in [-0.3, -0.25) is 4.90 Å². The Bertz CT molecular complexity index is 1040. The average molecular weight is 468 g/mol. The molecule has 1 aliphatic heterocycles. The van der Waals surface area contributed by atoms with Crippen molar-refractivity contribution in [1.29, 1.82) is 0 Å². The van der Waals surface area contributed by atoms with Gasteiger partial charge < -0.3 is 16.0 Å². The molecule has 0 aromatic carbocycles. The topological polar surface area (TPSA) is 78.0 Å². The zero-order chi connectivity index (χ0) is 23.6. The average Bonchev–Trinajstić information content (AvgIpc) is 3.37. The minimum absolute atomic E-state index is 0.202. The summed E-state index contributed by atoms with van der Waals surface area (Å²) in [6.45, 7) is 16.5. The number of nitrogens with zero attached hydrogens (tertiary/aromatic N) is 4. The summed E-state index contributed by atoms with van der Waals surface area (Å²) in [5.74, 6) is 1.72. The number of fused-ring (bicyclic) bond motifs is 1. The first-order valence-electron chi connectivity index (χ1n) is 11.9. The van der Waals surface area contributed by atoms with Crippen LogP contribution in [0.4, 0.5) is 16.8 Å². The predicted octanol–water partition coefficient (Wildman–Crippen LogP) is 5.25. The Labute approximate surface area is 201 Å². The van der Waals surface area contributed by atoms with Crippen LogP contribution >= 0.6 is 11.3 Å². The third-order valence-electron chi connectivity index (χ3n) is 6.50. The number of pyridine rings is 2. The van der Waals surface area contributed by atoms with Crippen LogP contribution < -0.4 is 16.0 Å². The second kappa shape index (κ2) is 9.91. The van der Waals surface area contributed by atoms with Crippen molar-refractivity contribution < 1.29 is 0 Å². The number of likely N-dealkylation sites (tertiary alicyclic amines) is 1. The number of nitrogens with one attached hydrogen (secondary N) is 3. The van der Waals surface area contributed by atoms with E-state index in [2.05, 4.69) is 84.5 Å². The number of hydrogen-bond acceptors (Lipinski definition) is 8. The van der Waals surface area contributed by atoms with E-state index in [0.717, 1.165) is 53.2 Å². The molecule has 2 atom stereocenters. The molecule has 3 N–H and O–H groups in total. The third kappa shape index (κ3) is 6.19. The molecule has 0 saturated carbocycles. The lowest BCUT2D eigenvalue weighted by Gasteiger charge is -2.28. The van der Waals surface area contributed by atoms with E-state index in [1.165, 1.54) is 5.56 Å². The van der Waals surface area contributed by atoms with Crippen molar-refractivity contribution >= 4 is 38.5 Å². The first-order chi connectivity index (χ1) is 15.7. The maximum atomic E-state index is 4.89. The van der Waals surface area contributed by atoms with Crippen molar-refractivity contribution in [3.8, 4) is 0 Å². The summed E-state index contributed by atoms with van der Waals surface area (Å²) in [4.78, 5) is 17.4. The summed E-state index contributed by atoms with van der Waals surface area (Å²) in [7, 11) is 0. The van der Waals surface area contributed by atoms with Gasteiger partial charge in [0.25, 0.3) is 0 Å². The van der Waals surface area contributed by atoms with Crippen LogP contribution in [0, 0.1) is 5.41 Å². The first-order valence-corrected chi connectivity index (χ1v) is 12.7. The Kier molecular flexibility index (Phi) is 7.16. The molecule has 0 spiro atoms. The fourth-order valence-electron chi connectivity index (χ4n) is 3.92. The van der Waals surface area contributed by atoms with E-state index in [-0.39, 0.29) is 5.41 Å². The molecule has 0 aliphatic carbocycles. The first kappa shape index (κ1) is 23.9. The SMILES string of the molecule is CC(C)N1CCC(Nc2cc(CN[C@@H](C)C(C)(C)C)cc(Nc3nc4cccnc4s3)n2)C1. The fourth-order valence-corrected chi connectivity index (χ4v) is 4.74. The van der Waals surface area contributed by atoms with Crippen molar-refractivity contribution in [2.45, 2.75) is 72.6 Å². The molecule has 4 rings (SSSR count). The van der Waals surface area contributed by atoms with Crippen LogP contribution in [0.25, 0.3) is 10.3 Å². The van der Waals surface area contributed by atoms with Crippen molar-refractivity contribution in [2.24, 2.45) is 5.41 Å². The van der Waals surface area contributed by atoms with Gasteiger partial charge in [0.15, 0.2) is 5.13 Å². The molecular weight excluding hydrogens is 430 g/mol. The number of anilines is 3. The van der Waals surface area contributed by atoms with Gasteiger partial charge in [0, 0.05) is 44.0 Å². The van der Waals surface area contributed by atoms with Crippen molar-refractivity contribution in [1.82, 2.24) is 25.2 Å². The Morgan fingerprint density at radius 1 is 1.15 bits per heavy atom. The monoisotopic (exact) mass is 467 g/mol. The van der Waals surface area contributed by atoms with Crippen LogP contribution in [0.5, 0.6) is 0 Å². The summed E-state index contributed by atoms with van der Waals surface area (Å²) < 4.78 is 0. The quantitative estimate of drug-likeness (QED) is 0.418. The van der Waals surface area contributed by atoms with Gasteiger partial charge in [0.2, 0.25) is 0 Å². The predicted molar refractivity (Wildman–Crippen MR) is 139 cm³/mol. The maximum absolute atomic E-state index is 4.89. The second-order valence-electron chi connectivity index (χ2n) is 10.4. The molecule has 178 valence electrons. The van der Waals surface area contributed by atoms with E-state index in [4.69, 9.17) is 4.98 Å². The highest BCUT2D eigenvalue weighted by molar-refractivity contribution is 7.21. The van der Waals surface area contributed by atoms with Gasteiger partial charge in [-0.25, -0.2) is 15.0 Å². The molecule has 8 heteroatoms. The van der Waals surface area contributed by atoms with Gasteiger partial charge in [0.05, 0.1) is 0 Å².